The molecule has 1 aromatic carbocycles. The van der Waals surface area contributed by atoms with Crippen LogP contribution in [0.1, 0.15) is 22.1 Å². The van der Waals surface area contributed by atoms with Crippen molar-refractivity contribution in [3.63, 3.8) is 0 Å². The third kappa shape index (κ3) is 3.36. The van der Waals surface area contributed by atoms with Crippen molar-refractivity contribution >= 4 is 23.1 Å². The summed E-state index contributed by atoms with van der Waals surface area (Å²) in [6, 6.07) is 11.0. The molecule has 1 amide bonds. The Labute approximate surface area is 120 Å². The van der Waals surface area contributed by atoms with Gasteiger partial charge in [-0.15, -0.1) is 0 Å². The minimum atomic E-state index is -0.592. The lowest BCUT2D eigenvalue weighted by molar-refractivity contribution is 0.0941. The number of nitrogens with zero attached hydrogens (tertiary/aromatic N) is 1. The number of carbonyl (C=O) groups excluding carboxylic acids is 1. The van der Waals surface area contributed by atoms with E-state index < -0.39 is 17.8 Å². The van der Waals surface area contributed by atoms with Gasteiger partial charge < -0.3 is 11.1 Å². The molecule has 0 fully saturated rings. The summed E-state index contributed by atoms with van der Waals surface area (Å²) in [5.74, 6) is -0.970. The molecule has 1 atom stereocenters. The van der Waals surface area contributed by atoms with Crippen LogP contribution >= 0.6 is 12.2 Å². The van der Waals surface area contributed by atoms with Crippen molar-refractivity contribution in [2.75, 3.05) is 0 Å². The lowest BCUT2D eigenvalue weighted by atomic mass is 10.1. The number of hydrogen-bond acceptors (Lipinski definition) is 3. The minimum absolute atomic E-state index is 0.101. The topological polar surface area (TPSA) is 68.0 Å². The number of carbonyl (C=O) groups is 1. The van der Waals surface area contributed by atoms with Gasteiger partial charge >= 0.3 is 0 Å². The molecule has 4 nitrogen and oxygen atoms in total. The summed E-state index contributed by atoms with van der Waals surface area (Å²) in [5.41, 5.74) is 6.53. The average Bonchev–Trinajstić information content (AvgIpc) is 2.46. The Hall–Kier alpha value is -2.34. The van der Waals surface area contributed by atoms with Crippen LogP contribution in [0.5, 0.6) is 0 Å². The van der Waals surface area contributed by atoms with Crippen LogP contribution in [0.2, 0.25) is 0 Å². The highest BCUT2D eigenvalue weighted by Gasteiger charge is 2.18. The van der Waals surface area contributed by atoms with Crippen LogP contribution in [-0.4, -0.2) is 15.9 Å². The van der Waals surface area contributed by atoms with Crippen LogP contribution in [0, 0.1) is 5.82 Å². The Morgan fingerprint density at radius 2 is 1.95 bits per heavy atom. The van der Waals surface area contributed by atoms with E-state index in [1.807, 2.05) is 30.3 Å². The third-order valence-corrected chi connectivity index (χ3v) is 2.89. The molecule has 0 radical (unpaired) electrons. The maximum absolute atomic E-state index is 12.8. The van der Waals surface area contributed by atoms with E-state index in [1.54, 1.807) is 0 Å². The fourth-order valence-electron chi connectivity index (χ4n) is 1.68. The van der Waals surface area contributed by atoms with E-state index in [9.17, 15) is 9.18 Å². The normalized spacial score (nSPS) is 11.7. The van der Waals surface area contributed by atoms with Crippen LogP contribution < -0.4 is 11.1 Å². The van der Waals surface area contributed by atoms with Gasteiger partial charge in [-0.25, -0.2) is 9.37 Å². The van der Waals surface area contributed by atoms with E-state index >= 15 is 0 Å². The fraction of sp³-hybridized carbons (Fsp3) is 0.0714. The van der Waals surface area contributed by atoms with Gasteiger partial charge in [-0.05, 0) is 17.7 Å². The summed E-state index contributed by atoms with van der Waals surface area (Å²) in [5, 5.41) is 2.68. The van der Waals surface area contributed by atoms with E-state index in [2.05, 4.69) is 10.3 Å². The predicted molar refractivity (Wildman–Crippen MR) is 77.6 cm³/mol. The van der Waals surface area contributed by atoms with Crippen LogP contribution in [0.25, 0.3) is 0 Å². The summed E-state index contributed by atoms with van der Waals surface area (Å²) in [4.78, 5) is 15.9. The highest BCUT2D eigenvalue weighted by Crippen LogP contribution is 2.13. The number of nitrogens with one attached hydrogen (secondary N) is 1. The number of thiocarbonyl (C=S) groups is 1. The first-order valence-corrected chi connectivity index (χ1v) is 6.25. The van der Waals surface area contributed by atoms with Crippen molar-refractivity contribution in [3.05, 3.63) is 65.7 Å². The molecule has 6 heteroatoms. The first kappa shape index (κ1) is 14.1. The number of rotatable bonds is 4. The summed E-state index contributed by atoms with van der Waals surface area (Å²) in [6.45, 7) is 0. The Balaban J connectivity index is 2.19. The van der Waals surface area contributed by atoms with Gasteiger partial charge in [-0.2, -0.15) is 0 Å². The Morgan fingerprint density at radius 1 is 1.25 bits per heavy atom. The third-order valence-electron chi connectivity index (χ3n) is 2.65. The molecule has 0 spiro atoms. The van der Waals surface area contributed by atoms with Crippen molar-refractivity contribution in [3.8, 4) is 0 Å². The zero-order chi connectivity index (χ0) is 14.5. The van der Waals surface area contributed by atoms with Crippen LogP contribution in [0.15, 0.2) is 48.7 Å². The Bertz CT molecular complexity index is 616. The van der Waals surface area contributed by atoms with Crippen molar-refractivity contribution in [1.82, 2.24) is 10.3 Å². The van der Waals surface area contributed by atoms with Crippen molar-refractivity contribution in [2.24, 2.45) is 5.73 Å². The van der Waals surface area contributed by atoms with Crippen LogP contribution in [0.4, 0.5) is 4.39 Å². The molecule has 0 aliphatic rings. The second-order valence-corrected chi connectivity index (χ2v) is 4.55. The molecular weight excluding hydrogens is 277 g/mol. The fourth-order valence-corrected chi connectivity index (χ4v) is 1.87. The number of benzene rings is 1. The second-order valence-electron chi connectivity index (χ2n) is 4.08. The molecular formula is C14H12FN3OS. The zero-order valence-corrected chi connectivity index (χ0v) is 11.2. The van der Waals surface area contributed by atoms with Gasteiger partial charge in [-0.1, -0.05) is 42.5 Å². The number of pyridine rings is 1. The van der Waals surface area contributed by atoms with Gasteiger partial charge in [-0.3, -0.25) is 4.79 Å². The molecule has 2 rings (SSSR count). The van der Waals surface area contributed by atoms with E-state index in [0.29, 0.717) is 0 Å². The van der Waals surface area contributed by atoms with Gasteiger partial charge in [0.1, 0.15) is 22.5 Å². The first-order valence-electron chi connectivity index (χ1n) is 5.84. The van der Waals surface area contributed by atoms with E-state index in [0.717, 1.165) is 11.8 Å². The molecule has 0 saturated carbocycles. The summed E-state index contributed by atoms with van der Waals surface area (Å²) in [6.07, 6.45) is 0.979. The SMILES string of the molecule is NC(=S)C(NC(=O)c1ccc(F)cn1)c1ccccc1. The van der Waals surface area contributed by atoms with E-state index in [-0.39, 0.29) is 10.7 Å². The maximum atomic E-state index is 12.8. The lowest BCUT2D eigenvalue weighted by Gasteiger charge is -2.17. The van der Waals surface area contributed by atoms with Gasteiger partial charge in [0.05, 0.1) is 6.20 Å². The quantitative estimate of drug-likeness (QED) is 0.845. The molecule has 1 aromatic heterocycles. The van der Waals surface area contributed by atoms with Gasteiger partial charge in [0.15, 0.2) is 0 Å². The largest absolute Gasteiger partial charge is 0.391 e. The Morgan fingerprint density at radius 3 is 2.50 bits per heavy atom. The molecule has 0 aliphatic carbocycles. The van der Waals surface area contributed by atoms with Crippen molar-refractivity contribution < 1.29 is 9.18 Å². The molecule has 0 saturated heterocycles. The van der Waals surface area contributed by atoms with Crippen molar-refractivity contribution in [2.45, 2.75) is 6.04 Å². The summed E-state index contributed by atoms with van der Waals surface area (Å²) in [7, 11) is 0. The predicted octanol–water partition coefficient (Wildman–Crippen LogP) is 1.98. The first-order chi connectivity index (χ1) is 9.58. The minimum Gasteiger partial charge on any atom is -0.391 e. The van der Waals surface area contributed by atoms with Crippen LogP contribution in [0.3, 0.4) is 0 Å². The second kappa shape index (κ2) is 6.21. The molecule has 102 valence electrons. The molecule has 1 unspecified atom stereocenters. The molecule has 1 heterocycles. The van der Waals surface area contributed by atoms with Gasteiger partial charge in [0, 0.05) is 0 Å². The Kier molecular flexibility index (Phi) is 4.37. The van der Waals surface area contributed by atoms with Crippen LogP contribution in [-0.2, 0) is 0 Å². The standard InChI is InChI=1S/C14H12FN3OS/c15-10-6-7-11(17-8-10)14(19)18-12(13(16)20)9-4-2-1-3-5-9/h1-8,12H,(H2,16,20)(H,18,19). The number of halogens is 1. The lowest BCUT2D eigenvalue weighted by Crippen LogP contribution is -2.36. The number of hydrogen-bond donors (Lipinski definition) is 2. The number of amides is 1. The maximum Gasteiger partial charge on any atom is 0.270 e. The summed E-state index contributed by atoms with van der Waals surface area (Å²) >= 11 is 4.97. The highest BCUT2D eigenvalue weighted by molar-refractivity contribution is 7.80. The van der Waals surface area contributed by atoms with Crippen molar-refractivity contribution in [1.29, 1.82) is 0 Å². The smallest absolute Gasteiger partial charge is 0.270 e. The number of nitrogens with two attached hydrogens (primary N) is 1. The molecule has 0 aliphatic heterocycles. The monoisotopic (exact) mass is 289 g/mol. The van der Waals surface area contributed by atoms with E-state index in [4.69, 9.17) is 18.0 Å². The van der Waals surface area contributed by atoms with Gasteiger partial charge in [0.2, 0.25) is 0 Å². The molecule has 20 heavy (non-hydrogen) atoms. The average molecular weight is 289 g/mol. The van der Waals surface area contributed by atoms with E-state index in [1.165, 1.54) is 12.1 Å². The number of aromatic nitrogens is 1. The highest BCUT2D eigenvalue weighted by atomic mass is 32.1. The molecule has 2 aromatic rings. The zero-order valence-electron chi connectivity index (χ0n) is 10.4. The molecule has 0 bridgehead atoms. The van der Waals surface area contributed by atoms with Gasteiger partial charge in [0.25, 0.3) is 5.91 Å². The molecule has 3 N–H and O–H groups in total. The summed E-state index contributed by atoms with van der Waals surface area (Å²) < 4.78 is 12.8.